The molecule has 1 amide bonds. The maximum absolute atomic E-state index is 10.6. The molecule has 2 heterocycles. The van der Waals surface area contributed by atoms with E-state index in [1.54, 1.807) is 47.0 Å². The summed E-state index contributed by atoms with van der Waals surface area (Å²) in [5, 5.41) is 4.58. The van der Waals surface area contributed by atoms with Gasteiger partial charge in [0.15, 0.2) is 0 Å². The van der Waals surface area contributed by atoms with E-state index in [0.29, 0.717) is 12.1 Å². The Labute approximate surface area is 144 Å². The first-order valence-corrected chi connectivity index (χ1v) is 8.99. The fourth-order valence-corrected chi connectivity index (χ4v) is 2.94. The van der Waals surface area contributed by atoms with Crippen LogP contribution in [-0.2, 0) is 4.79 Å². The Hall–Kier alpha value is -2.05. The molecule has 0 fully saturated rings. The highest BCUT2D eigenvalue weighted by Gasteiger charge is 1.97. The third-order valence-electron chi connectivity index (χ3n) is 2.28. The Morgan fingerprint density at radius 2 is 1.65 bits per heavy atom. The average Bonchev–Trinajstić information content (AvgIpc) is 2.60. The van der Waals surface area contributed by atoms with Crippen LogP contribution in [0.4, 0.5) is 0 Å². The van der Waals surface area contributed by atoms with Crippen LogP contribution >= 0.6 is 21.6 Å². The zero-order valence-electron chi connectivity index (χ0n) is 12.9. The largest absolute Gasteiger partial charge is 0.349 e. The molecule has 0 aromatic carbocycles. The summed E-state index contributed by atoms with van der Waals surface area (Å²) in [6.07, 6.45) is 5.21. The molecule has 0 saturated heterocycles. The summed E-state index contributed by atoms with van der Waals surface area (Å²) in [6.45, 7) is 9.08. The zero-order valence-corrected chi connectivity index (χ0v) is 14.6. The minimum atomic E-state index is -0.116. The molecule has 0 spiro atoms. The van der Waals surface area contributed by atoms with Crippen molar-refractivity contribution in [2.24, 2.45) is 0 Å². The van der Waals surface area contributed by atoms with Crippen molar-refractivity contribution in [2.75, 3.05) is 6.54 Å². The zero-order chi connectivity index (χ0) is 16.9. The van der Waals surface area contributed by atoms with Crippen molar-refractivity contribution < 1.29 is 4.79 Å². The van der Waals surface area contributed by atoms with Crippen LogP contribution in [0.3, 0.4) is 0 Å². The molecule has 2 aromatic rings. The smallest absolute Gasteiger partial charge is 0.246 e. The number of nitrogens with zero attached hydrogens (tertiary/aromatic N) is 2. The number of pyridine rings is 2. The lowest BCUT2D eigenvalue weighted by molar-refractivity contribution is -0.117. The van der Waals surface area contributed by atoms with Crippen LogP contribution in [0.15, 0.2) is 83.7 Å². The van der Waals surface area contributed by atoms with Gasteiger partial charge in [-0.1, -0.05) is 24.8 Å². The molecule has 0 atom stereocenters. The Morgan fingerprint density at radius 3 is 2.00 bits per heavy atom. The topological polar surface area (TPSA) is 54.9 Å². The van der Waals surface area contributed by atoms with E-state index in [9.17, 15) is 4.79 Å². The number of hydrogen-bond donors (Lipinski definition) is 1. The second-order valence-electron chi connectivity index (χ2n) is 4.28. The van der Waals surface area contributed by atoms with Gasteiger partial charge in [-0.3, -0.25) is 4.79 Å². The molecule has 23 heavy (non-hydrogen) atoms. The molecule has 0 bridgehead atoms. The lowest BCUT2D eigenvalue weighted by Crippen LogP contribution is -2.23. The third-order valence-corrected chi connectivity index (χ3v) is 4.46. The minimum Gasteiger partial charge on any atom is -0.349 e. The van der Waals surface area contributed by atoms with Crippen LogP contribution in [-0.4, -0.2) is 22.4 Å². The van der Waals surface area contributed by atoms with Crippen molar-refractivity contribution >= 4 is 27.5 Å². The van der Waals surface area contributed by atoms with Gasteiger partial charge in [0.2, 0.25) is 5.91 Å². The molecule has 120 valence electrons. The molecule has 0 unspecified atom stereocenters. The van der Waals surface area contributed by atoms with E-state index < -0.39 is 0 Å². The number of carbonyl (C=O) groups excluding carboxylic acids is 1. The van der Waals surface area contributed by atoms with Crippen LogP contribution in [0.5, 0.6) is 0 Å². The molecule has 0 saturated carbocycles. The maximum Gasteiger partial charge on any atom is 0.246 e. The van der Waals surface area contributed by atoms with E-state index in [1.165, 1.54) is 0 Å². The molecule has 1 N–H and O–H groups in total. The van der Waals surface area contributed by atoms with E-state index in [-0.39, 0.29) is 5.91 Å². The van der Waals surface area contributed by atoms with Gasteiger partial charge in [0.1, 0.15) is 10.1 Å². The van der Waals surface area contributed by atoms with Crippen LogP contribution in [0.1, 0.15) is 6.92 Å². The van der Waals surface area contributed by atoms with E-state index in [4.69, 9.17) is 0 Å². The highest BCUT2D eigenvalue weighted by Crippen LogP contribution is 2.34. The van der Waals surface area contributed by atoms with Gasteiger partial charge in [-0.2, -0.15) is 0 Å². The molecule has 4 nitrogen and oxygen atoms in total. The van der Waals surface area contributed by atoms with E-state index in [1.807, 2.05) is 36.4 Å². The Balaban J connectivity index is 0.000000257. The van der Waals surface area contributed by atoms with Gasteiger partial charge in [0.05, 0.1) is 0 Å². The van der Waals surface area contributed by atoms with Crippen LogP contribution in [0.25, 0.3) is 0 Å². The van der Waals surface area contributed by atoms with Gasteiger partial charge in [0, 0.05) is 24.5 Å². The normalized spacial score (nSPS) is 9.26. The Morgan fingerprint density at radius 1 is 1.13 bits per heavy atom. The number of amides is 1. The molecule has 0 aliphatic carbocycles. The van der Waals surface area contributed by atoms with E-state index >= 15 is 0 Å². The van der Waals surface area contributed by atoms with Crippen LogP contribution < -0.4 is 5.32 Å². The number of nitrogens with one attached hydrogen (secondary N) is 1. The average molecular weight is 345 g/mol. The molecular weight excluding hydrogens is 326 g/mol. The summed E-state index contributed by atoms with van der Waals surface area (Å²) < 4.78 is 0. The predicted octanol–water partition coefficient (Wildman–Crippen LogP) is 4.14. The quantitative estimate of drug-likeness (QED) is 0.484. The van der Waals surface area contributed by atoms with Gasteiger partial charge in [-0.05, 0) is 52.8 Å². The fraction of sp³-hybridized carbons (Fsp3) is 0.118. The molecule has 2 rings (SSSR count). The SMILES string of the molecule is C=CCNC(=O)C(=C)C.c1ccc(SSc2ccccn2)nc1. The first-order chi connectivity index (χ1) is 11.1. The summed E-state index contributed by atoms with van der Waals surface area (Å²) in [6, 6.07) is 11.8. The number of rotatable bonds is 6. The standard InChI is InChI=1S/C10H8N2S2.C7H11NO/c1-3-7-11-9(5-1)13-14-10-6-2-4-8-12-10;1-4-5-8-7(9)6(2)3/h1-8H;4H,1-2,5H2,3H3,(H,8,9). The molecule has 0 radical (unpaired) electrons. The van der Waals surface area contributed by atoms with Crippen molar-refractivity contribution in [3.05, 3.63) is 73.6 Å². The summed E-state index contributed by atoms with van der Waals surface area (Å²) in [7, 11) is 3.23. The lowest BCUT2D eigenvalue weighted by atomic mass is 10.3. The van der Waals surface area contributed by atoms with Crippen LogP contribution in [0, 0.1) is 0 Å². The minimum absolute atomic E-state index is 0.116. The first-order valence-electron chi connectivity index (χ1n) is 6.84. The lowest BCUT2D eigenvalue weighted by Gasteiger charge is -1.97. The first kappa shape index (κ1) is 19.0. The van der Waals surface area contributed by atoms with Crippen LogP contribution in [0.2, 0.25) is 0 Å². The fourth-order valence-electron chi connectivity index (χ4n) is 1.19. The van der Waals surface area contributed by atoms with E-state index in [2.05, 4.69) is 28.4 Å². The Bertz CT molecular complexity index is 579. The van der Waals surface area contributed by atoms with Gasteiger partial charge < -0.3 is 5.32 Å². The van der Waals surface area contributed by atoms with Gasteiger partial charge >= 0.3 is 0 Å². The van der Waals surface area contributed by atoms with Gasteiger partial charge in [0.25, 0.3) is 0 Å². The van der Waals surface area contributed by atoms with Crippen molar-refractivity contribution in [3.8, 4) is 0 Å². The highest BCUT2D eigenvalue weighted by atomic mass is 33.1. The summed E-state index contributed by atoms with van der Waals surface area (Å²) in [5.41, 5.74) is 0.525. The predicted molar refractivity (Wildman–Crippen MR) is 98.2 cm³/mol. The van der Waals surface area contributed by atoms with E-state index in [0.717, 1.165) is 10.1 Å². The molecule has 0 aliphatic heterocycles. The van der Waals surface area contributed by atoms with Crippen molar-refractivity contribution in [3.63, 3.8) is 0 Å². The van der Waals surface area contributed by atoms with Crippen molar-refractivity contribution in [2.45, 2.75) is 17.0 Å². The molecule has 2 aromatic heterocycles. The second kappa shape index (κ2) is 11.5. The summed E-state index contributed by atoms with van der Waals surface area (Å²) >= 11 is 0. The summed E-state index contributed by atoms with van der Waals surface area (Å²) in [4.78, 5) is 19.1. The molecular formula is C17H19N3OS2. The summed E-state index contributed by atoms with van der Waals surface area (Å²) in [5.74, 6) is -0.116. The van der Waals surface area contributed by atoms with Crippen molar-refractivity contribution in [1.82, 2.24) is 15.3 Å². The monoisotopic (exact) mass is 345 g/mol. The highest BCUT2D eigenvalue weighted by molar-refractivity contribution is 8.76. The second-order valence-corrected chi connectivity index (χ2v) is 6.45. The Kier molecular flexibility index (Phi) is 9.51. The molecule has 0 aliphatic rings. The van der Waals surface area contributed by atoms with Crippen molar-refractivity contribution in [1.29, 1.82) is 0 Å². The number of hydrogen-bond acceptors (Lipinski definition) is 5. The molecule has 6 heteroatoms. The maximum atomic E-state index is 10.6. The van der Waals surface area contributed by atoms with Gasteiger partial charge in [-0.25, -0.2) is 9.97 Å². The number of aromatic nitrogens is 2. The number of carbonyl (C=O) groups is 1. The third kappa shape index (κ3) is 8.85. The van der Waals surface area contributed by atoms with Gasteiger partial charge in [-0.15, -0.1) is 6.58 Å².